The zero-order valence-electron chi connectivity index (χ0n) is 22.7. The highest BCUT2D eigenvalue weighted by atomic mass is 127. The average molecular weight is 661 g/mol. The van der Waals surface area contributed by atoms with Crippen molar-refractivity contribution in [3.8, 4) is 11.5 Å². The van der Waals surface area contributed by atoms with Crippen LogP contribution in [0.15, 0.2) is 23.8 Å². The first-order valence-electron chi connectivity index (χ1n) is 13.6. The SMILES string of the molecule is CCOCCCN(C(=O)C1CCCC1)[C@@H]1CC(C(=O)NCCO)=C[C@H](Oc2c(I)cc(CO)cc2OC)[C@H]1O. The molecule has 2 aliphatic rings. The zero-order valence-corrected chi connectivity index (χ0v) is 24.9. The molecule has 0 aliphatic heterocycles. The second-order valence-corrected chi connectivity index (χ2v) is 11.0. The number of ether oxygens (including phenoxy) is 3. The highest BCUT2D eigenvalue weighted by molar-refractivity contribution is 14.1. The van der Waals surface area contributed by atoms with Gasteiger partial charge >= 0.3 is 0 Å². The van der Waals surface area contributed by atoms with Crippen molar-refractivity contribution >= 4 is 34.4 Å². The Kier molecular flexibility index (Phi) is 12.8. The molecule has 0 bridgehead atoms. The maximum absolute atomic E-state index is 13.7. The van der Waals surface area contributed by atoms with Crippen molar-refractivity contribution in [2.24, 2.45) is 5.92 Å². The lowest BCUT2D eigenvalue weighted by Crippen LogP contribution is -2.56. The number of rotatable bonds is 14. The summed E-state index contributed by atoms with van der Waals surface area (Å²) in [7, 11) is 1.49. The van der Waals surface area contributed by atoms with Crippen molar-refractivity contribution in [3.05, 3.63) is 32.9 Å². The second-order valence-electron chi connectivity index (χ2n) is 9.85. The Morgan fingerprint density at radius 2 is 1.95 bits per heavy atom. The molecule has 218 valence electrons. The number of nitrogens with one attached hydrogen (secondary N) is 1. The van der Waals surface area contributed by atoms with Crippen LogP contribution in [0.4, 0.5) is 0 Å². The number of aliphatic hydroxyl groups is 3. The van der Waals surface area contributed by atoms with Gasteiger partial charge in [-0.25, -0.2) is 0 Å². The molecule has 1 fully saturated rings. The Bertz CT molecular complexity index is 998. The molecular weight excluding hydrogens is 619 g/mol. The first-order valence-corrected chi connectivity index (χ1v) is 14.7. The summed E-state index contributed by atoms with van der Waals surface area (Å²) in [6.45, 7) is 3.08. The summed E-state index contributed by atoms with van der Waals surface area (Å²) in [4.78, 5) is 28.5. The van der Waals surface area contributed by atoms with Crippen LogP contribution < -0.4 is 14.8 Å². The van der Waals surface area contributed by atoms with Crippen LogP contribution in [0, 0.1) is 9.49 Å². The van der Waals surface area contributed by atoms with Gasteiger partial charge in [-0.05, 0) is 72.5 Å². The van der Waals surface area contributed by atoms with Gasteiger partial charge in [0.05, 0.1) is 29.9 Å². The third-order valence-electron chi connectivity index (χ3n) is 7.22. The average Bonchev–Trinajstić information content (AvgIpc) is 3.48. The normalized spacial score (nSPS) is 21.4. The van der Waals surface area contributed by atoms with Crippen molar-refractivity contribution in [2.75, 3.05) is 40.0 Å². The van der Waals surface area contributed by atoms with E-state index in [4.69, 9.17) is 14.2 Å². The second kappa shape index (κ2) is 15.8. The van der Waals surface area contributed by atoms with Crippen LogP contribution >= 0.6 is 22.6 Å². The fourth-order valence-corrected chi connectivity index (χ4v) is 6.02. The number of halogens is 1. The van der Waals surface area contributed by atoms with E-state index in [-0.39, 0.29) is 43.9 Å². The molecule has 3 atom stereocenters. The van der Waals surface area contributed by atoms with Gasteiger partial charge < -0.3 is 39.7 Å². The standard InChI is InChI=1S/C28H41IN2O8/c1-3-38-12-6-10-31(28(36)19-7-4-5-8-19)22-15-20(27(35)30-9-11-32)16-23(25(22)34)39-26-21(29)13-18(17-33)14-24(26)37-2/h13-14,16,19,22-23,25,32-34H,3-12,15,17H2,1-2H3,(H,30,35)/t22-,23+,25+/m1/s1. The van der Waals surface area contributed by atoms with Gasteiger partial charge in [-0.1, -0.05) is 12.8 Å². The van der Waals surface area contributed by atoms with E-state index in [9.17, 15) is 24.9 Å². The maximum Gasteiger partial charge on any atom is 0.247 e. The Balaban J connectivity index is 1.96. The Labute approximate surface area is 243 Å². The molecule has 0 spiro atoms. The van der Waals surface area contributed by atoms with Crippen molar-refractivity contribution < 1.29 is 39.1 Å². The molecule has 0 unspecified atom stereocenters. The van der Waals surface area contributed by atoms with E-state index in [0.29, 0.717) is 52.4 Å². The molecule has 1 saturated carbocycles. The minimum absolute atomic E-state index is 0.0109. The van der Waals surface area contributed by atoms with Gasteiger partial charge in [0, 0.05) is 44.2 Å². The zero-order chi connectivity index (χ0) is 28.4. The molecule has 11 heteroatoms. The van der Waals surface area contributed by atoms with E-state index in [1.54, 1.807) is 23.1 Å². The molecule has 3 rings (SSSR count). The monoisotopic (exact) mass is 660 g/mol. The van der Waals surface area contributed by atoms with Crippen LogP contribution in [0.2, 0.25) is 0 Å². The topological polar surface area (TPSA) is 138 Å². The van der Waals surface area contributed by atoms with Gasteiger partial charge in [-0.3, -0.25) is 9.59 Å². The van der Waals surface area contributed by atoms with E-state index in [1.807, 2.05) is 6.92 Å². The predicted molar refractivity (Wildman–Crippen MR) is 153 cm³/mol. The number of benzene rings is 1. The molecule has 10 nitrogen and oxygen atoms in total. The van der Waals surface area contributed by atoms with E-state index in [0.717, 1.165) is 25.7 Å². The summed E-state index contributed by atoms with van der Waals surface area (Å²) in [5, 5.41) is 33.1. The Morgan fingerprint density at radius 1 is 1.21 bits per heavy atom. The van der Waals surface area contributed by atoms with Gasteiger partial charge in [0.25, 0.3) is 0 Å². The van der Waals surface area contributed by atoms with Crippen LogP contribution in [0.5, 0.6) is 11.5 Å². The summed E-state index contributed by atoms with van der Waals surface area (Å²) >= 11 is 2.08. The number of hydrogen-bond acceptors (Lipinski definition) is 8. The summed E-state index contributed by atoms with van der Waals surface area (Å²) in [5.74, 6) is 0.262. The summed E-state index contributed by atoms with van der Waals surface area (Å²) in [6.07, 6.45) is 3.90. The predicted octanol–water partition coefficient (Wildman–Crippen LogP) is 2.15. The molecule has 0 radical (unpaired) electrons. The lowest BCUT2D eigenvalue weighted by atomic mass is 9.87. The number of nitrogens with zero attached hydrogens (tertiary/aromatic N) is 1. The first kappa shape index (κ1) is 31.6. The number of hydrogen-bond donors (Lipinski definition) is 4. The molecule has 1 aromatic carbocycles. The lowest BCUT2D eigenvalue weighted by molar-refractivity contribution is -0.143. The highest BCUT2D eigenvalue weighted by Crippen LogP contribution is 2.38. The van der Waals surface area contributed by atoms with E-state index >= 15 is 0 Å². The number of amides is 2. The quantitative estimate of drug-likeness (QED) is 0.176. The molecule has 2 amide bonds. The Hall–Kier alpha value is -1.93. The van der Waals surface area contributed by atoms with Gasteiger partial charge in [0.15, 0.2) is 11.5 Å². The smallest absolute Gasteiger partial charge is 0.247 e. The van der Waals surface area contributed by atoms with Crippen molar-refractivity contribution in [2.45, 2.75) is 70.3 Å². The molecule has 39 heavy (non-hydrogen) atoms. The van der Waals surface area contributed by atoms with Gasteiger partial charge in [-0.2, -0.15) is 0 Å². The Morgan fingerprint density at radius 3 is 2.59 bits per heavy atom. The van der Waals surface area contributed by atoms with Crippen molar-refractivity contribution in [3.63, 3.8) is 0 Å². The third-order valence-corrected chi connectivity index (χ3v) is 8.02. The fourth-order valence-electron chi connectivity index (χ4n) is 5.22. The fraction of sp³-hybridized carbons (Fsp3) is 0.643. The molecular formula is C28H41IN2O8. The highest BCUT2D eigenvalue weighted by Gasteiger charge is 2.42. The first-order chi connectivity index (χ1) is 18.8. The molecule has 2 aliphatic carbocycles. The summed E-state index contributed by atoms with van der Waals surface area (Å²) < 4.78 is 18.0. The summed E-state index contributed by atoms with van der Waals surface area (Å²) in [5.41, 5.74) is 1.02. The van der Waals surface area contributed by atoms with Crippen LogP contribution in [0.25, 0.3) is 0 Å². The molecule has 0 saturated heterocycles. The van der Waals surface area contributed by atoms with Gasteiger partial charge in [-0.15, -0.1) is 0 Å². The number of methoxy groups -OCH3 is 1. The summed E-state index contributed by atoms with van der Waals surface area (Å²) in [6, 6.07) is 2.73. The molecule has 0 heterocycles. The minimum Gasteiger partial charge on any atom is -0.493 e. The van der Waals surface area contributed by atoms with Crippen LogP contribution in [-0.2, 0) is 20.9 Å². The molecule has 4 N–H and O–H groups in total. The van der Waals surface area contributed by atoms with E-state index < -0.39 is 18.2 Å². The van der Waals surface area contributed by atoms with Crippen LogP contribution in [-0.4, -0.2) is 90.3 Å². The van der Waals surface area contributed by atoms with Crippen LogP contribution in [0.1, 0.15) is 51.0 Å². The van der Waals surface area contributed by atoms with E-state index in [1.165, 1.54) is 7.11 Å². The number of carbonyl (C=O) groups excluding carboxylic acids is 2. The van der Waals surface area contributed by atoms with Crippen molar-refractivity contribution in [1.82, 2.24) is 10.2 Å². The van der Waals surface area contributed by atoms with Gasteiger partial charge in [0.1, 0.15) is 12.2 Å². The minimum atomic E-state index is -1.12. The maximum atomic E-state index is 13.7. The largest absolute Gasteiger partial charge is 0.493 e. The number of carbonyl (C=O) groups is 2. The van der Waals surface area contributed by atoms with Crippen LogP contribution in [0.3, 0.4) is 0 Å². The lowest BCUT2D eigenvalue weighted by Gasteiger charge is -2.41. The molecule has 1 aromatic rings. The molecule has 0 aromatic heterocycles. The number of aliphatic hydroxyl groups excluding tert-OH is 3. The van der Waals surface area contributed by atoms with E-state index in [2.05, 4.69) is 27.9 Å². The third kappa shape index (κ3) is 8.29. The van der Waals surface area contributed by atoms with Crippen molar-refractivity contribution in [1.29, 1.82) is 0 Å². The van der Waals surface area contributed by atoms with Gasteiger partial charge in [0.2, 0.25) is 11.8 Å².